The Bertz CT molecular complexity index is 952. The van der Waals surface area contributed by atoms with Crippen molar-refractivity contribution in [2.45, 2.75) is 19.1 Å². The van der Waals surface area contributed by atoms with E-state index >= 15 is 0 Å². The highest BCUT2D eigenvalue weighted by atomic mass is 19.4. The summed E-state index contributed by atoms with van der Waals surface area (Å²) in [5, 5.41) is 9.01. The fraction of sp³-hybridized carbons (Fsp3) is 0.364. The minimum Gasteiger partial charge on any atom is -0.382 e. The number of nitrogens with zero attached hydrogens (tertiary/aromatic N) is 3. The van der Waals surface area contributed by atoms with Gasteiger partial charge in [-0.05, 0) is 37.3 Å². The van der Waals surface area contributed by atoms with Gasteiger partial charge in [-0.3, -0.25) is 4.79 Å². The Morgan fingerprint density at radius 2 is 1.90 bits per heavy atom. The van der Waals surface area contributed by atoms with Gasteiger partial charge in [-0.2, -0.15) is 18.4 Å². The Kier molecular flexibility index (Phi) is 6.32. The molecule has 1 saturated heterocycles. The summed E-state index contributed by atoms with van der Waals surface area (Å²) in [5.41, 5.74) is 0.600. The van der Waals surface area contributed by atoms with E-state index in [0.717, 1.165) is 11.6 Å². The molecule has 1 fully saturated rings. The Morgan fingerprint density at radius 3 is 2.50 bits per heavy atom. The largest absolute Gasteiger partial charge is 0.417 e. The molecule has 1 aliphatic heterocycles. The highest BCUT2D eigenvalue weighted by molar-refractivity contribution is 5.94. The van der Waals surface area contributed by atoms with E-state index in [1.165, 1.54) is 19.2 Å². The van der Waals surface area contributed by atoms with Crippen LogP contribution in [0.1, 0.15) is 27.0 Å². The molecule has 1 unspecified atom stereocenters. The third kappa shape index (κ3) is 4.57. The number of carbonyl (C=O) groups is 1. The number of carbonyl (C=O) groups excluding carboxylic acids is 1. The minimum absolute atomic E-state index is 0.119. The summed E-state index contributed by atoms with van der Waals surface area (Å²) < 4.78 is 45.4. The Labute approximate surface area is 173 Å². The number of halogens is 3. The lowest BCUT2D eigenvalue weighted by Gasteiger charge is -2.42. The summed E-state index contributed by atoms with van der Waals surface area (Å²) in [6, 6.07) is 12.2. The third-order valence-electron chi connectivity index (χ3n) is 5.19. The van der Waals surface area contributed by atoms with Gasteiger partial charge in [0.25, 0.3) is 5.91 Å². The van der Waals surface area contributed by atoms with Gasteiger partial charge < -0.3 is 14.5 Å². The predicted octanol–water partition coefficient (Wildman–Crippen LogP) is 3.86. The molecular formula is C22H22F3N3O2. The van der Waals surface area contributed by atoms with Gasteiger partial charge >= 0.3 is 6.18 Å². The first-order valence-electron chi connectivity index (χ1n) is 9.47. The lowest BCUT2D eigenvalue weighted by Crippen LogP contribution is -2.56. The molecule has 0 spiro atoms. The van der Waals surface area contributed by atoms with Crippen molar-refractivity contribution >= 4 is 11.6 Å². The summed E-state index contributed by atoms with van der Waals surface area (Å²) in [6.45, 7) is 3.23. The zero-order valence-corrected chi connectivity index (χ0v) is 16.7. The molecule has 1 atom stereocenters. The maximum Gasteiger partial charge on any atom is 0.417 e. The number of piperazine rings is 1. The van der Waals surface area contributed by atoms with Crippen LogP contribution in [0, 0.1) is 18.3 Å². The highest BCUT2D eigenvalue weighted by Gasteiger charge is 2.36. The quantitative estimate of drug-likeness (QED) is 0.758. The van der Waals surface area contributed by atoms with Crippen LogP contribution in [-0.2, 0) is 10.9 Å². The molecular weight excluding hydrogens is 395 g/mol. The number of ether oxygens (including phenoxy) is 1. The number of aryl methyl sites for hydroxylation is 1. The molecule has 0 radical (unpaired) electrons. The van der Waals surface area contributed by atoms with E-state index in [1.54, 1.807) is 28.0 Å². The summed E-state index contributed by atoms with van der Waals surface area (Å²) in [7, 11) is 1.51. The van der Waals surface area contributed by atoms with E-state index in [4.69, 9.17) is 10.00 Å². The molecule has 2 aromatic carbocycles. The molecule has 1 amide bonds. The first kappa shape index (κ1) is 21.7. The number of benzene rings is 2. The van der Waals surface area contributed by atoms with Crippen LogP contribution >= 0.6 is 0 Å². The summed E-state index contributed by atoms with van der Waals surface area (Å²) in [5.74, 6) is -0.119. The van der Waals surface area contributed by atoms with Crippen LogP contribution < -0.4 is 4.90 Å². The number of rotatable bonds is 4. The Hall–Kier alpha value is -3.05. The second-order valence-corrected chi connectivity index (χ2v) is 7.26. The van der Waals surface area contributed by atoms with Crippen molar-refractivity contribution in [1.82, 2.24) is 4.90 Å². The molecule has 0 N–H and O–H groups in total. The first-order chi connectivity index (χ1) is 14.2. The lowest BCUT2D eigenvalue weighted by molar-refractivity contribution is -0.137. The van der Waals surface area contributed by atoms with Crippen LogP contribution in [0.2, 0.25) is 0 Å². The maximum absolute atomic E-state index is 13.4. The average Bonchev–Trinajstić information content (AvgIpc) is 2.73. The zero-order chi connectivity index (χ0) is 21.9. The SMILES string of the molecule is COCC1CN(C(=O)c2ccc(C)cc2)CCN1c1ccc(C#N)c(C(F)(F)F)c1. The van der Waals surface area contributed by atoms with E-state index in [9.17, 15) is 18.0 Å². The van der Waals surface area contributed by atoms with Crippen molar-refractivity contribution in [2.75, 3.05) is 38.3 Å². The average molecular weight is 417 g/mol. The van der Waals surface area contributed by atoms with Crippen LogP contribution in [0.15, 0.2) is 42.5 Å². The topological polar surface area (TPSA) is 56.6 Å². The fourth-order valence-corrected chi connectivity index (χ4v) is 3.64. The minimum atomic E-state index is -4.62. The van der Waals surface area contributed by atoms with Gasteiger partial charge in [0.15, 0.2) is 0 Å². The van der Waals surface area contributed by atoms with Crippen LogP contribution in [0.4, 0.5) is 18.9 Å². The van der Waals surface area contributed by atoms with E-state index < -0.39 is 17.3 Å². The molecule has 0 saturated carbocycles. The van der Waals surface area contributed by atoms with E-state index in [0.29, 0.717) is 30.9 Å². The third-order valence-corrected chi connectivity index (χ3v) is 5.19. The number of hydrogen-bond acceptors (Lipinski definition) is 4. The van der Waals surface area contributed by atoms with Crippen molar-refractivity contribution in [1.29, 1.82) is 5.26 Å². The molecule has 5 nitrogen and oxygen atoms in total. The summed E-state index contributed by atoms with van der Waals surface area (Å²) in [6.07, 6.45) is -4.62. The van der Waals surface area contributed by atoms with Gasteiger partial charge in [-0.1, -0.05) is 17.7 Å². The van der Waals surface area contributed by atoms with Gasteiger partial charge in [0, 0.05) is 38.0 Å². The molecule has 158 valence electrons. The van der Waals surface area contributed by atoms with Crippen LogP contribution in [0.25, 0.3) is 0 Å². The molecule has 0 aliphatic carbocycles. The van der Waals surface area contributed by atoms with Crippen LogP contribution in [-0.4, -0.2) is 50.2 Å². The van der Waals surface area contributed by atoms with Crippen LogP contribution in [0.5, 0.6) is 0 Å². The standard InChI is InChI=1S/C22H22F3N3O2/c1-15-3-5-16(6-4-15)21(29)27-9-10-28(19(13-27)14-30-2)18-8-7-17(12-26)20(11-18)22(23,24)25/h3-8,11,19H,9-10,13-14H2,1-2H3. The molecule has 30 heavy (non-hydrogen) atoms. The number of alkyl halides is 3. The predicted molar refractivity (Wildman–Crippen MR) is 106 cm³/mol. The number of methoxy groups -OCH3 is 1. The van der Waals surface area contributed by atoms with Gasteiger partial charge in [-0.15, -0.1) is 0 Å². The smallest absolute Gasteiger partial charge is 0.382 e. The second kappa shape index (κ2) is 8.76. The van der Waals surface area contributed by atoms with Crippen LogP contribution in [0.3, 0.4) is 0 Å². The van der Waals surface area contributed by atoms with Crippen molar-refractivity contribution in [3.8, 4) is 6.07 Å². The fourth-order valence-electron chi connectivity index (χ4n) is 3.64. The van der Waals surface area contributed by atoms with Crippen molar-refractivity contribution in [3.63, 3.8) is 0 Å². The van der Waals surface area contributed by atoms with Gasteiger partial charge in [0.2, 0.25) is 0 Å². The lowest BCUT2D eigenvalue weighted by atomic mass is 10.0. The molecule has 1 aliphatic rings. The van der Waals surface area contributed by atoms with Crippen molar-refractivity contribution in [2.24, 2.45) is 0 Å². The normalized spacial score (nSPS) is 17.0. The van der Waals surface area contributed by atoms with Crippen molar-refractivity contribution in [3.05, 3.63) is 64.7 Å². The van der Waals surface area contributed by atoms with E-state index in [-0.39, 0.29) is 18.6 Å². The monoisotopic (exact) mass is 417 g/mol. The molecule has 8 heteroatoms. The van der Waals surface area contributed by atoms with E-state index in [2.05, 4.69) is 0 Å². The van der Waals surface area contributed by atoms with E-state index in [1.807, 2.05) is 19.1 Å². The molecule has 2 aromatic rings. The number of nitriles is 1. The molecule has 0 bridgehead atoms. The zero-order valence-electron chi connectivity index (χ0n) is 16.7. The summed E-state index contributed by atoms with van der Waals surface area (Å²) in [4.78, 5) is 16.4. The molecule has 0 aromatic heterocycles. The summed E-state index contributed by atoms with van der Waals surface area (Å²) >= 11 is 0. The van der Waals surface area contributed by atoms with Crippen molar-refractivity contribution < 1.29 is 22.7 Å². The molecule has 1 heterocycles. The first-order valence-corrected chi connectivity index (χ1v) is 9.47. The molecule has 3 rings (SSSR count). The Morgan fingerprint density at radius 1 is 1.20 bits per heavy atom. The highest BCUT2D eigenvalue weighted by Crippen LogP contribution is 2.35. The van der Waals surface area contributed by atoms with Gasteiger partial charge in [0.05, 0.1) is 29.8 Å². The second-order valence-electron chi connectivity index (χ2n) is 7.26. The van der Waals surface area contributed by atoms with Gasteiger partial charge in [-0.25, -0.2) is 0 Å². The number of anilines is 1. The Balaban J connectivity index is 1.85. The number of hydrogen-bond donors (Lipinski definition) is 0. The van der Waals surface area contributed by atoms with Gasteiger partial charge in [0.1, 0.15) is 0 Å². The maximum atomic E-state index is 13.4. The number of amides is 1.